The van der Waals surface area contributed by atoms with Crippen LogP contribution in [0.3, 0.4) is 0 Å². The van der Waals surface area contributed by atoms with Gasteiger partial charge in [0.2, 0.25) is 5.91 Å². The minimum Gasteiger partial charge on any atom is -0.497 e. The molecule has 0 atom stereocenters. The van der Waals surface area contributed by atoms with Gasteiger partial charge in [-0.3, -0.25) is 4.79 Å². The number of ether oxygens (including phenoxy) is 2. The summed E-state index contributed by atoms with van der Waals surface area (Å²) in [5, 5.41) is 2.83. The quantitative estimate of drug-likeness (QED) is 0.610. The molecule has 0 radical (unpaired) electrons. The number of hydrogen-bond acceptors (Lipinski definition) is 6. The van der Waals surface area contributed by atoms with Crippen molar-refractivity contribution in [3.8, 4) is 17.4 Å². The molecule has 1 amide bonds. The molecular weight excluding hydrogens is 411 g/mol. The number of hydrogen-bond donors (Lipinski definition) is 1. The first-order chi connectivity index (χ1) is 15.5. The second-order valence-electron chi connectivity index (χ2n) is 7.68. The predicted octanol–water partition coefficient (Wildman–Crippen LogP) is 4.58. The van der Waals surface area contributed by atoms with Crippen LogP contribution in [0.2, 0.25) is 0 Å². The molecule has 0 unspecified atom stereocenters. The Kier molecular flexibility index (Phi) is 6.49. The maximum Gasteiger partial charge on any atom is 0.263 e. The molecular formula is C24H25FN4O3. The second kappa shape index (κ2) is 9.64. The fourth-order valence-corrected chi connectivity index (χ4v) is 3.65. The second-order valence-corrected chi connectivity index (χ2v) is 7.68. The highest BCUT2D eigenvalue weighted by atomic mass is 19.1. The summed E-state index contributed by atoms with van der Waals surface area (Å²) >= 11 is 0. The molecule has 8 heteroatoms. The summed E-state index contributed by atoms with van der Waals surface area (Å²) in [5.74, 6) is 1.74. The average molecular weight is 436 g/mol. The number of benzene rings is 2. The topological polar surface area (TPSA) is 76.6 Å². The number of aromatic nitrogens is 2. The molecule has 1 aromatic heterocycles. The van der Waals surface area contributed by atoms with E-state index in [4.69, 9.17) is 9.47 Å². The SMILES string of the molecule is COc1cccc(Oc2nccnc2N2CCC(C(=O)Nc3ccc(C)c(F)c3)CC2)c1. The molecule has 0 bridgehead atoms. The van der Waals surface area contributed by atoms with E-state index in [0.717, 1.165) is 0 Å². The largest absolute Gasteiger partial charge is 0.497 e. The van der Waals surface area contributed by atoms with Gasteiger partial charge in [-0.05, 0) is 49.6 Å². The molecule has 3 aromatic rings. The van der Waals surface area contributed by atoms with Crippen molar-refractivity contribution in [1.29, 1.82) is 0 Å². The Morgan fingerprint density at radius 2 is 1.84 bits per heavy atom. The lowest BCUT2D eigenvalue weighted by Crippen LogP contribution is -2.38. The molecule has 2 heterocycles. The fraction of sp³-hybridized carbons (Fsp3) is 0.292. The molecule has 7 nitrogen and oxygen atoms in total. The van der Waals surface area contributed by atoms with Gasteiger partial charge in [0.15, 0.2) is 5.82 Å². The number of aryl methyl sites for hydroxylation is 1. The van der Waals surface area contributed by atoms with Gasteiger partial charge < -0.3 is 19.7 Å². The normalized spacial score (nSPS) is 14.2. The molecule has 32 heavy (non-hydrogen) atoms. The molecule has 1 aliphatic heterocycles. The van der Waals surface area contributed by atoms with E-state index in [2.05, 4.69) is 20.2 Å². The van der Waals surface area contributed by atoms with Gasteiger partial charge in [0.25, 0.3) is 5.88 Å². The minimum absolute atomic E-state index is 0.0973. The van der Waals surface area contributed by atoms with Gasteiger partial charge in [-0.2, -0.15) is 0 Å². The van der Waals surface area contributed by atoms with E-state index in [1.165, 1.54) is 6.07 Å². The maximum absolute atomic E-state index is 13.8. The zero-order valence-electron chi connectivity index (χ0n) is 18.0. The molecule has 1 saturated heterocycles. The third-order valence-corrected chi connectivity index (χ3v) is 5.51. The van der Waals surface area contributed by atoms with E-state index >= 15 is 0 Å². The number of methoxy groups -OCH3 is 1. The summed E-state index contributed by atoms with van der Waals surface area (Å²) in [4.78, 5) is 23.5. The van der Waals surface area contributed by atoms with Crippen molar-refractivity contribution in [3.63, 3.8) is 0 Å². The third-order valence-electron chi connectivity index (χ3n) is 5.51. The number of carbonyl (C=O) groups is 1. The zero-order valence-corrected chi connectivity index (χ0v) is 18.0. The van der Waals surface area contributed by atoms with Gasteiger partial charge in [0.05, 0.1) is 7.11 Å². The van der Waals surface area contributed by atoms with Crippen LogP contribution >= 0.6 is 0 Å². The summed E-state index contributed by atoms with van der Waals surface area (Å²) in [7, 11) is 1.60. The molecule has 1 N–H and O–H groups in total. The highest BCUT2D eigenvalue weighted by Gasteiger charge is 2.27. The van der Waals surface area contributed by atoms with Crippen molar-refractivity contribution in [3.05, 3.63) is 66.2 Å². The van der Waals surface area contributed by atoms with Crippen molar-refractivity contribution in [2.45, 2.75) is 19.8 Å². The van der Waals surface area contributed by atoms with E-state index in [1.807, 2.05) is 18.2 Å². The monoisotopic (exact) mass is 436 g/mol. The van der Waals surface area contributed by atoms with Crippen LogP contribution in [0, 0.1) is 18.7 Å². The lowest BCUT2D eigenvalue weighted by atomic mass is 9.95. The molecule has 2 aromatic carbocycles. The highest BCUT2D eigenvalue weighted by Crippen LogP contribution is 2.32. The first-order valence-electron chi connectivity index (χ1n) is 10.5. The summed E-state index contributed by atoms with van der Waals surface area (Å²) in [6, 6.07) is 12.0. The van der Waals surface area contributed by atoms with E-state index in [0.29, 0.717) is 60.4 Å². The van der Waals surface area contributed by atoms with E-state index in [9.17, 15) is 9.18 Å². The molecule has 166 valence electrons. The Labute approximate surface area is 186 Å². The molecule has 1 fully saturated rings. The van der Waals surface area contributed by atoms with Crippen molar-refractivity contribution in [1.82, 2.24) is 9.97 Å². The standard InChI is InChI=1S/C24H25FN4O3/c1-16-6-7-18(14-21(16)25)28-23(30)17-8-12-29(13-9-17)22-24(27-11-10-26-22)32-20-5-3-4-19(15-20)31-2/h3-7,10-11,14-15,17H,8-9,12-13H2,1-2H3,(H,28,30). The maximum atomic E-state index is 13.8. The molecule has 0 spiro atoms. The number of anilines is 2. The van der Waals surface area contributed by atoms with Gasteiger partial charge in [-0.15, -0.1) is 0 Å². The fourth-order valence-electron chi connectivity index (χ4n) is 3.65. The zero-order chi connectivity index (χ0) is 22.5. The van der Waals surface area contributed by atoms with Crippen LogP contribution in [-0.4, -0.2) is 36.1 Å². The van der Waals surface area contributed by atoms with Crippen LogP contribution in [0.15, 0.2) is 54.9 Å². The lowest BCUT2D eigenvalue weighted by molar-refractivity contribution is -0.120. The Morgan fingerprint density at radius 3 is 2.59 bits per heavy atom. The first-order valence-corrected chi connectivity index (χ1v) is 10.5. The van der Waals surface area contributed by atoms with Crippen LogP contribution < -0.4 is 19.7 Å². The highest BCUT2D eigenvalue weighted by molar-refractivity contribution is 5.92. The Morgan fingerprint density at radius 1 is 1.09 bits per heavy atom. The number of halogens is 1. The van der Waals surface area contributed by atoms with Crippen LogP contribution in [-0.2, 0) is 4.79 Å². The third kappa shape index (κ3) is 4.96. The van der Waals surface area contributed by atoms with Gasteiger partial charge in [0.1, 0.15) is 17.3 Å². The Balaban J connectivity index is 1.40. The number of rotatable bonds is 6. The average Bonchev–Trinajstić information content (AvgIpc) is 2.82. The van der Waals surface area contributed by atoms with Crippen molar-refractivity contribution in [2.24, 2.45) is 5.92 Å². The number of nitrogens with one attached hydrogen (secondary N) is 1. The number of carbonyl (C=O) groups excluding carboxylic acids is 1. The number of piperidine rings is 1. The van der Waals surface area contributed by atoms with Gasteiger partial charge in [-0.25, -0.2) is 14.4 Å². The minimum atomic E-state index is -0.330. The number of amides is 1. The van der Waals surface area contributed by atoms with Crippen LogP contribution in [0.5, 0.6) is 17.4 Å². The van der Waals surface area contributed by atoms with Crippen molar-refractivity contribution < 1.29 is 18.7 Å². The van der Waals surface area contributed by atoms with Crippen LogP contribution in [0.4, 0.5) is 15.9 Å². The van der Waals surface area contributed by atoms with Gasteiger partial charge >= 0.3 is 0 Å². The Bertz CT molecular complexity index is 1100. The van der Waals surface area contributed by atoms with Crippen molar-refractivity contribution >= 4 is 17.4 Å². The van der Waals surface area contributed by atoms with E-state index < -0.39 is 0 Å². The summed E-state index contributed by atoms with van der Waals surface area (Å²) in [5.41, 5.74) is 1.02. The van der Waals surface area contributed by atoms with E-state index in [-0.39, 0.29) is 17.6 Å². The molecule has 1 aliphatic rings. The molecule has 4 rings (SSSR count). The summed E-state index contributed by atoms with van der Waals surface area (Å²) in [6.45, 7) is 2.95. The summed E-state index contributed by atoms with van der Waals surface area (Å²) < 4.78 is 25.0. The van der Waals surface area contributed by atoms with Gasteiger partial charge in [-0.1, -0.05) is 12.1 Å². The summed E-state index contributed by atoms with van der Waals surface area (Å²) in [6.07, 6.45) is 4.50. The number of nitrogens with zero attached hydrogens (tertiary/aromatic N) is 3. The predicted molar refractivity (Wildman–Crippen MR) is 120 cm³/mol. The van der Waals surface area contributed by atoms with Crippen LogP contribution in [0.1, 0.15) is 18.4 Å². The van der Waals surface area contributed by atoms with Gasteiger partial charge in [0, 0.05) is 43.2 Å². The van der Waals surface area contributed by atoms with Crippen LogP contribution in [0.25, 0.3) is 0 Å². The molecule has 0 aliphatic carbocycles. The first kappa shape index (κ1) is 21.5. The van der Waals surface area contributed by atoms with E-state index in [1.54, 1.807) is 44.6 Å². The lowest BCUT2D eigenvalue weighted by Gasteiger charge is -2.32. The smallest absolute Gasteiger partial charge is 0.263 e. The molecule has 0 saturated carbocycles. The van der Waals surface area contributed by atoms with Crippen molar-refractivity contribution in [2.75, 3.05) is 30.4 Å². The Hall–Kier alpha value is -3.68.